The highest BCUT2D eigenvalue weighted by Crippen LogP contribution is 2.42. The van der Waals surface area contributed by atoms with Crippen LogP contribution in [0.1, 0.15) is 30.0 Å². The minimum absolute atomic E-state index is 0.00112. The lowest BCUT2D eigenvalue weighted by Crippen LogP contribution is -2.36. The number of carbonyl (C=O) groups is 2. The molecule has 8 heteroatoms. The van der Waals surface area contributed by atoms with Crippen molar-refractivity contribution in [2.75, 3.05) is 27.4 Å². The first kappa shape index (κ1) is 22.2. The number of aliphatic hydroxyl groups excluding tert-OH is 1. The van der Waals surface area contributed by atoms with Crippen LogP contribution in [0.4, 0.5) is 0 Å². The Labute approximate surface area is 191 Å². The van der Waals surface area contributed by atoms with Crippen molar-refractivity contribution < 1.29 is 28.9 Å². The van der Waals surface area contributed by atoms with E-state index in [0.29, 0.717) is 34.3 Å². The normalized spacial score (nSPS) is 22.4. The third-order valence-corrected chi connectivity index (χ3v) is 6.07. The number of benzene rings is 2. The van der Waals surface area contributed by atoms with E-state index in [1.807, 2.05) is 0 Å². The topological polar surface area (TPSA) is 85.3 Å². The molecule has 0 spiro atoms. The van der Waals surface area contributed by atoms with Gasteiger partial charge in [0.05, 0.1) is 37.5 Å². The summed E-state index contributed by atoms with van der Waals surface area (Å²) in [5.41, 5.74) is 0.960. The summed E-state index contributed by atoms with van der Waals surface area (Å²) >= 11 is 6.06. The van der Waals surface area contributed by atoms with Crippen LogP contribution >= 0.6 is 11.6 Å². The van der Waals surface area contributed by atoms with Gasteiger partial charge in [-0.2, -0.15) is 0 Å². The van der Waals surface area contributed by atoms with E-state index in [-0.39, 0.29) is 24.0 Å². The zero-order valence-corrected chi connectivity index (χ0v) is 18.6. The van der Waals surface area contributed by atoms with Gasteiger partial charge in [-0.1, -0.05) is 23.7 Å². The summed E-state index contributed by atoms with van der Waals surface area (Å²) < 4.78 is 16.3. The molecule has 2 unspecified atom stereocenters. The van der Waals surface area contributed by atoms with Gasteiger partial charge in [0.1, 0.15) is 17.3 Å². The lowest BCUT2D eigenvalue weighted by atomic mass is 9.95. The highest BCUT2D eigenvalue weighted by Gasteiger charge is 2.47. The van der Waals surface area contributed by atoms with Gasteiger partial charge in [-0.15, -0.1) is 0 Å². The molecule has 0 saturated carbocycles. The molecule has 168 valence electrons. The molecule has 0 bridgehead atoms. The maximum absolute atomic E-state index is 13.1. The van der Waals surface area contributed by atoms with Gasteiger partial charge in [0.25, 0.3) is 11.7 Å². The summed E-state index contributed by atoms with van der Waals surface area (Å²) in [7, 11) is 2.98. The lowest BCUT2D eigenvalue weighted by molar-refractivity contribution is -0.140. The number of hydrogen-bond donors (Lipinski definition) is 1. The maximum Gasteiger partial charge on any atom is 0.295 e. The predicted molar refractivity (Wildman–Crippen MR) is 119 cm³/mol. The Morgan fingerprint density at radius 3 is 2.53 bits per heavy atom. The summed E-state index contributed by atoms with van der Waals surface area (Å²) in [5.74, 6) is -0.876. The number of ether oxygens (including phenoxy) is 3. The number of amides is 1. The monoisotopic (exact) mass is 457 g/mol. The van der Waals surface area contributed by atoms with Crippen LogP contribution in [0, 0.1) is 0 Å². The first-order valence-electron chi connectivity index (χ1n) is 10.3. The summed E-state index contributed by atoms with van der Waals surface area (Å²) in [4.78, 5) is 27.7. The first-order chi connectivity index (χ1) is 15.4. The Morgan fingerprint density at radius 2 is 1.91 bits per heavy atom. The molecule has 0 aliphatic carbocycles. The van der Waals surface area contributed by atoms with Gasteiger partial charge < -0.3 is 24.2 Å². The number of methoxy groups -OCH3 is 2. The summed E-state index contributed by atoms with van der Waals surface area (Å²) in [6, 6.07) is 11.0. The second-order valence-electron chi connectivity index (χ2n) is 7.70. The molecular weight excluding hydrogens is 434 g/mol. The average Bonchev–Trinajstić information content (AvgIpc) is 3.41. The zero-order chi connectivity index (χ0) is 22.8. The lowest BCUT2D eigenvalue weighted by Gasteiger charge is -2.27. The SMILES string of the molecule is COc1ccc(/C(O)=C2/C(=O)C(=O)N(CC3CCCO3)C2c2ccc(Cl)cc2)c(OC)c1. The smallest absolute Gasteiger partial charge is 0.295 e. The van der Waals surface area contributed by atoms with Crippen LogP contribution in [0.15, 0.2) is 48.0 Å². The van der Waals surface area contributed by atoms with Crippen molar-refractivity contribution in [2.45, 2.75) is 25.0 Å². The highest BCUT2D eigenvalue weighted by molar-refractivity contribution is 6.46. The number of rotatable bonds is 6. The van der Waals surface area contributed by atoms with E-state index < -0.39 is 17.7 Å². The van der Waals surface area contributed by atoms with Crippen LogP contribution in [0.3, 0.4) is 0 Å². The van der Waals surface area contributed by atoms with Crippen molar-refractivity contribution in [3.63, 3.8) is 0 Å². The van der Waals surface area contributed by atoms with Crippen molar-refractivity contribution in [3.8, 4) is 11.5 Å². The van der Waals surface area contributed by atoms with Gasteiger partial charge in [-0.25, -0.2) is 0 Å². The second kappa shape index (κ2) is 9.22. The third kappa shape index (κ3) is 4.06. The number of likely N-dealkylation sites (tertiary alicyclic amines) is 1. The molecule has 4 rings (SSSR count). The molecule has 1 N–H and O–H groups in total. The number of carbonyl (C=O) groups excluding carboxylic acids is 2. The van der Waals surface area contributed by atoms with E-state index in [2.05, 4.69) is 0 Å². The standard InChI is InChI=1S/C24H24ClNO6/c1-30-16-9-10-18(19(12-16)31-2)22(27)20-21(14-5-7-15(25)8-6-14)26(24(29)23(20)28)13-17-4-3-11-32-17/h5-10,12,17,21,27H,3-4,11,13H2,1-2H3/b22-20-. The molecule has 0 aromatic heterocycles. The number of nitrogens with zero attached hydrogens (tertiary/aromatic N) is 1. The molecule has 2 atom stereocenters. The Balaban J connectivity index is 1.85. The number of ketones is 1. The van der Waals surface area contributed by atoms with Crippen molar-refractivity contribution in [1.29, 1.82) is 0 Å². The molecule has 2 aromatic rings. The van der Waals surface area contributed by atoms with Crippen molar-refractivity contribution in [2.24, 2.45) is 0 Å². The van der Waals surface area contributed by atoms with E-state index in [1.165, 1.54) is 19.1 Å². The summed E-state index contributed by atoms with van der Waals surface area (Å²) in [5, 5.41) is 11.8. The van der Waals surface area contributed by atoms with Crippen LogP contribution in [0.2, 0.25) is 5.02 Å². The number of Topliss-reactive ketones (excluding diaryl/α,β-unsaturated/α-hetero) is 1. The van der Waals surface area contributed by atoms with Crippen LogP contribution in [0.5, 0.6) is 11.5 Å². The molecule has 2 saturated heterocycles. The number of halogens is 1. The van der Waals surface area contributed by atoms with Gasteiger partial charge in [0.2, 0.25) is 0 Å². The van der Waals surface area contributed by atoms with E-state index >= 15 is 0 Å². The van der Waals surface area contributed by atoms with Crippen molar-refractivity contribution >= 4 is 29.1 Å². The molecule has 2 aromatic carbocycles. The fourth-order valence-corrected chi connectivity index (χ4v) is 4.33. The molecule has 32 heavy (non-hydrogen) atoms. The van der Waals surface area contributed by atoms with E-state index in [1.54, 1.807) is 42.5 Å². The number of aliphatic hydroxyl groups is 1. The minimum atomic E-state index is -0.775. The summed E-state index contributed by atoms with van der Waals surface area (Å²) in [6.07, 6.45) is 1.56. The summed E-state index contributed by atoms with van der Waals surface area (Å²) in [6.45, 7) is 0.887. The first-order valence-corrected chi connectivity index (χ1v) is 10.7. The van der Waals surface area contributed by atoms with Gasteiger partial charge in [-0.05, 0) is 42.7 Å². The van der Waals surface area contributed by atoms with Gasteiger partial charge >= 0.3 is 0 Å². The molecule has 2 fully saturated rings. The van der Waals surface area contributed by atoms with Gasteiger partial charge in [-0.3, -0.25) is 9.59 Å². The van der Waals surface area contributed by atoms with Gasteiger partial charge in [0.15, 0.2) is 0 Å². The Bertz CT molecular complexity index is 1060. The number of hydrogen-bond acceptors (Lipinski definition) is 6. The third-order valence-electron chi connectivity index (χ3n) is 5.81. The average molecular weight is 458 g/mol. The van der Waals surface area contributed by atoms with E-state index in [4.69, 9.17) is 25.8 Å². The maximum atomic E-state index is 13.1. The van der Waals surface area contributed by atoms with Crippen molar-refractivity contribution in [3.05, 3.63) is 64.2 Å². The molecule has 0 radical (unpaired) electrons. The molecule has 7 nitrogen and oxygen atoms in total. The largest absolute Gasteiger partial charge is 0.507 e. The molecule has 2 aliphatic heterocycles. The molecule has 2 aliphatic rings. The Morgan fingerprint density at radius 1 is 1.16 bits per heavy atom. The van der Waals surface area contributed by atoms with Crippen molar-refractivity contribution in [1.82, 2.24) is 4.90 Å². The van der Waals surface area contributed by atoms with E-state index in [9.17, 15) is 14.7 Å². The Kier molecular flexibility index (Phi) is 6.39. The van der Waals surface area contributed by atoms with Crippen LogP contribution in [0.25, 0.3) is 5.76 Å². The zero-order valence-electron chi connectivity index (χ0n) is 17.8. The molecule has 2 heterocycles. The fourth-order valence-electron chi connectivity index (χ4n) is 4.21. The highest BCUT2D eigenvalue weighted by atomic mass is 35.5. The fraction of sp³-hybridized carbons (Fsp3) is 0.333. The molecular formula is C24H24ClNO6. The van der Waals surface area contributed by atoms with Gasteiger partial charge in [0, 0.05) is 24.2 Å². The van der Waals surface area contributed by atoms with E-state index in [0.717, 1.165) is 12.8 Å². The van der Waals surface area contributed by atoms with Crippen LogP contribution in [-0.2, 0) is 14.3 Å². The minimum Gasteiger partial charge on any atom is -0.507 e. The second-order valence-corrected chi connectivity index (χ2v) is 8.14. The quantitative estimate of drug-likeness (QED) is 0.401. The molecule has 1 amide bonds. The van der Waals surface area contributed by atoms with Crippen LogP contribution in [-0.4, -0.2) is 55.2 Å². The predicted octanol–water partition coefficient (Wildman–Crippen LogP) is 3.96. The Hall–Kier alpha value is -3.03. The van der Waals surface area contributed by atoms with Crippen LogP contribution < -0.4 is 9.47 Å².